The Kier molecular flexibility index (Phi) is 3.14. The van der Waals surface area contributed by atoms with Crippen molar-refractivity contribution in [1.82, 2.24) is 5.32 Å². The van der Waals surface area contributed by atoms with Crippen molar-refractivity contribution in [2.24, 2.45) is 29.6 Å². The van der Waals surface area contributed by atoms with Crippen molar-refractivity contribution >= 4 is 0 Å². The first-order valence-electron chi connectivity index (χ1n) is 8.55. The van der Waals surface area contributed by atoms with Crippen molar-refractivity contribution in [3.8, 4) is 0 Å². The van der Waals surface area contributed by atoms with Gasteiger partial charge in [-0.2, -0.15) is 0 Å². The highest BCUT2D eigenvalue weighted by Crippen LogP contribution is 2.66. The van der Waals surface area contributed by atoms with E-state index in [1.165, 1.54) is 24.8 Å². The Morgan fingerprint density at radius 3 is 2.30 bits per heavy atom. The Morgan fingerprint density at radius 2 is 1.70 bits per heavy atom. The molecule has 0 heterocycles. The number of fused-ring (bicyclic) bond motifs is 5. The van der Waals surface area contributed by atoms with Crippen LogP contribution in [0.15, 0.2) is 30.3 Å². The van der Waals surface area contributed by atoms with E-state index in [1.54, 1.807) is 6.42 Å². The Morgan fingerprint density at radius 1 is 1.05 bits per heavy atom. The molecule has 3 fully saturated rings. The van der Waals surface area contributed by atoms with Gasteiger partial charge < -0.3 is 5.32 Å². The predicted octanol–water partition coefficient (Wildman–Crippen LogP) is 4.41. The lowest BCUT2D eigenvalue weighted by atomic mass is 9.96. The van der Waals surface area contributed by atoms with Gasteiger partial charge in [0.2, 0.25) is 0 Å². The van der Waals surface area contributed by atoms with Crippen LogP contribution in [-0.2, 0) is 0 Å². The molecule has 1 N–H and O–H groups in total. The van der Waals surface area contributed by atoms with E-state index < -0.39 is 0 Å². The third kappa shape index (κ3) is 2.11. The van der Waals surface area contributed by atoms with Gasteiger partial charge in [0.05, 0.1) is 0 Å². The summed E-state index contributed by atoms with van der Waals surface area (Å²) in [6.45, 7) is 4.68. The molecule has 0 radical (unpaired) electrons. The average molecular weight is 269 g/mol. The zero-order valence-corrected chi connectivity index (χ0v) is 12.8. The fourth-order valence-electron chi connectivity index (χ4n) is 5.24. The lowest BCUT2D eigenvalue weighted by molar-refractivity contribution is 0.379. The van der Waals surface area contributed by atoms with Crippen LogP contribution in [0.1, 0.15) is 51.1 Å². The van der Waals surface area contributed by atoms with E-state index >= 15 is 0 Å². The van der Waals surface area contributed by atoms with E-state index in [0.29, 0.717) is 6.04 Å². The maximum absolute atomic E-state index is 4.04. The molecule has 1 heteroatoms. The molecular weight excluding hydrogens is 242 g/mol. The average Bonchev–Trinajstić information content (AvgIpc) is 2.83. The summed E-state index contributed by atoms with van der Waals surface area (Å²) in [6, 6.07) is 12.5. The molecule has 5 unspecified atom stereocenters. The Balaban J connectivity index is 1.47. The van der Waals surface area contributed by atoms with Crippen LogP contribution in [0.3, 0.4) is 0 Å². The first-order valence-corrected chi connectivity index (χ1v) is 8.55. The molecular formula is C19H27N. The lowest BCUT2D eigenvalue weighted by Crippen LogP contribution is -2.29. The Labute approximate surface area is 123 Å². The van der Waals surface area contributed by atoms with Gasteiger partial charge in [-0.1, -0.05) is 44.2 Å². The quantitative estimate of drug-likeness (QED) is 0.835. The summed E-state index contributed by atoms with van der Waals surface area (Å²) in [5.41, 5.74) is 1.48. The van der Waals surface area contributed by atoms with Crippen molar-refractivity contribution in [3.05, 3.63) is 35.9 Å². The van der Waals surface area contributed by atoms with Gasteiger partial charge in [0, 0.05) is 12.1 Å². The molecule has 0 aliphatic heterocycles. The first kappa shape index (κ1) is 12.9. The standard InChI is InChI=1S/C19H27N/c1-12(2)10-16(13-6-4-3-5-7-13)20-19-17-14-8-9-15(11-14)18(17)19/h3-7,12,14-20H,8-11H2,1-2H3. The molecule has 0 saturated heterocycles. The molecule has 0 spiro atoms. The monoisotopic (exact) mass is 269 g/mol. The van der Waals surface area contributed by atoms with Gasteiger partial charge in [-0.3, -0.25) is 0 Å². The van der Waals surface area contributed by atoms with E-state index in [2.05, 4.69) is 49.5 Å². The largest absolute Gasteiger partial charge is 0.307 e. The van der Waals surface area contributed by atoms with E-state index in [1.807, 2.05) is 0 Å². The molecule has 3 aliphatic rings. The molecule has 1 aromatic rings. The van der Waals surface area contributed by atoms with Crippen molar-refractivity contribution in [2.45, 2.75) is 51.6 Å². The summed E-state index contributed by atoms with van der Waals surface area (Å²) in [7, 11) is 0. The van der Waals surface area contributed by atoms with Crippen LogP contribution in [-0.4, -0.2) is 6.04 Å². The van der Waals surface area contributed by atoms with Crippen LogP contribution in [0.2, 0.25) is 0 Å². The summed E-state index contributed by atoms with van der Waals surface area (Å²) in [5.74, 6) is 4.96. The second-order valence-corrected chi connectivity index (χ2v) is 7.77. The minimum Gasteiger partial charge on any atom is -0.307 e. The molecule has 2 bridgehead atoms. The highest BCUT2D eigenvalue weighted by molar-refractivity contribution is 5.22. The smallest absolute Gasteiger partial charge is 0.0325 e. The molecule has 0 amide bonds. The van der Waals surface area contributed by atoms with Crippen LogP contribution < -0.4 is 5.32 Å². The Hall–Kier alpha value is -0.820. The van der Waals surface area contributed by atoms with Gasteiger partial charge in [-0.15, -0.1) is 0 Å². The van der Waals surface area contributed by atoms with Crippen molar-refractivity contribution in [1.29, 1.82) is 0 Å². The van der Waals surface area contributed by atoms with Crippen LogP contribution >= 0.6 is 0 Å². The zero-order valence-electron chi connectivity index (χ0n) is 12.8. The minimum absolute atomic E-state index is 0.561. The summed E-state index contributed by atoms with van der Waals surface area (Å²) in [5, 5.41) is 4.04. The first-order chi connectivity index (χ1) is 9.74. The highest BCUT2D eigenvalue weighted by Gasteiger charge is 2.64. The third-order valence-corrected chi connectivity index (χ3v) is 6.04. The van der Waals surface area contributed by atoms with E-state index in [9.17, 15) is 0 Å². The molecule has 3 aliphatic carbocycles. The van der Waals surface area contributed by atoms with Gasteiger partial charge in [-0.25, -0.2) is 0 Å². The van der Waals surface area contributed by atoms with Crippen molar-refractivity contribution in [2.75, 3.05) is 0 Å². The van der Waals surface area contributed by atoms with Gasteiger partial charge in [0.1, 0.15) is 0 Å². The molecule has 4 rings (SSSR count). The van der Waals surface area contributed by atoms with Crippen LogP contribution in [0.25, 0.3) is 0 Å². The van der Waals surface area contributed by atoms with Crippen molar-refractivity contribution < 1.29 is 0 Å². The van der Waals surface area contributed by atoms with Gasteiger partial charge >= 0.3 is 0 Å². The highest BCUT2D eigenvalue weighted by atomic mass is 15.0. The fraction of sp³-hybridized carbons (Fsp3) is 0.684. The molecule has 108 valence electrons. The molecule has 5 atom stereocenters. The van der Waals surface area contributed by atoms with Crippen LogP contribution in [0, 0.1) is 29.6 Å². The predicted molar refractivity (Wildman–Crippen MR) is 83.4 cm³/mol. The van der Waals surface area contributed by atoms with E-state index in [0.717, 1.165) is 35.6 Å². The number of rotatable bonds is 5. The molecule has 3 saturated carbocycles. The van der Waals surface area contributed by atoms with Crippen LogP contribution in [0.4, 0.5) is 0 Å². The summed E-state index contributed by atoms with van der Waals surface area (Å²) < 4.78 is 0. The van der Waals surface area contributed by atoms with Gasteiger partial charge in [-0.05, 0) is 60.8 Å². The molecule has 20 heavy (non-hydrogen) atoms. The summed E-state index contributed by atoms with van der Waals surface area (Å²) in [4.78, 5) is 0. The van der Waals surface area contributed by atoms with Crippen LogP contribution in [0.5, 0.6) is 0 Å². The minimum atomic E-state index is 0.561. The normalized spacial score (nSPS) is 39.0. The molecule has 0 aromatic heterocycles. The maximum atomic E-state index is 4.04. The summed E-state index contributed by atoms with van der Waals surface area (Å²) >= 11 is 0. The zero-order chi connectivity index (χ0) is 13.7. The topological polar surface area (TPSA) is 12.0 Å². The van der Waals surface area contributed by atoms with Gasteiger partial charge in [0.25, 0.3) is 0 Å². The summed E-state index contributed by atoms with van der Waals surface area (Å²) in [6.07, 6.45) is 5.84. The lowest BCUT2D eigenvalue weighted by Gasteiger charge is -2.23. The maximum Gasteiger partial charge on any atom is 0.0325 e. The number of hydrogen-bond acceptors (Lipinski definition) is 1. The number of hydrogen-bond donors (Lipinski definition) is 1. The van der Waals surface area contributed by atoms with E-state index in [-0.39, 0.29) is 0 Å². The number of nitrogens with one attached hydrogen (secondary N) is 1. The van der Waals surface area contributed by atoms with Gasteiger partial charge in [0.15, 0.2) is 0 Å². The second-order valence-electron chi connectivity index (χ2n) is 7.77. The van der Waals surface area contributed by atoms with E-state index in [4.69, 9.17) is 0 Å². The Bertz CT molecular complexity index is 450. The number of benzene rings is 1. The third-order valence-electron chi connectivity index (χ3n) is 6.04. The molecule has 1 nitrogen and oxygen atoms in total. The second kappa shape index (κ2) is 4.87. The SMILES string of the molecule is CC(C)CC(NC1C2C3CCC(C3)C12)c1ccccc1. The fourth-order valence-corrected chi connectivity index (χ4v) is 5.24. The van der Waals surface area contributed by atoms with Crippen molar-refractivity contribution in [3.63, 3.8) is 0 Å². The molecule has 1 aromatic carbocycles.